The van der Waals surface area contributed by atoms with Gasteiger partial charge in [-0.15, -0.1) is 0 Å². The fraction of sp³-hybridized carbons (Fsp3) is 0.214. The normalized spacial score (nSPS) is 10.2. The average Bonchev–Trinajstić information content (AvgIpc) is 2.65. The molecule has 0 radical (unpaired) electrons. The highest BCUT2D eigenvalue weighted by molar-refractivity contribution is 6.34. The van der Waals surface area contributed by atoms with Crippen LogP contribution in [0.3, 0.4) is 0 Å². The number of anilines is 1. The van der Waals surface area contributed by atoms with Crippen LogP contribution in [0.2, 0.25) is 5.02 Å². The number of aromatic nitrogens is 2. The van der Waals surface area contributed by atoms with Gasteiger partial charge in [-0.3, -0.25) is 9.48 Å². The van der Waals surface area contributed by atoms with Crippen molar-refractivity contribution in [3.63, 3.8) is 0 Å². The number of benzene rings is 1. The molecular weight excluding hydrogens is 276 g/mol. The van der Waals surface area contributed by atoms with Crippen LogP contribution in [0.15, 0.2) is 18.2 Å². The summed E-state index contributed by atoms with van der Waals surface area (Å²) in [5.41, 5.74) is 2.89. The van der Waals surface area contributed by atoms with E-state index in [4.69, 9.17) is 16.9 Å². The minimum atomic E-state index is -0.264. The van der Waals surface area contributed by atoms with Gasteiger partial charge in [0.2, 0.25) is 0 Å². The summed E-state index contributed by atoms with van der Waals surface area (Å²) >= 11 is 6.04. The molecule has 6 heteroatoms. The molecule has 0 saturated heterocycles. The zero-order valence-electron chi connectivity index (χ0n) is 11.4. The molecule has 1 amide bonds. The number of nitrogens with one attached hydrogen (secondary N) is 1. The van der Waals surface area contributed by atoms with Crippen molar-refractivity contribution in [3.8, 4) is 6.07 Å². The first kappa shape index (κ1) is 14.1. The van der Waals surface area contributed by atoms with Crippen LogP contribution in [0.5, 0.6) is 0 Å². The van der Waals surface area contributed by atoms with Crippen molar-refractivity contribution in [2.75, 3.05) is 5.32 Å². The molecule has 0 fully saturated rings. The molecule has 1 N–H and O–H groups in total. The Labute approximate surface area is 121 Å². The number of carbonyl (C=O) groups excluding carboxylic acids is 1. The van der Waals surface area contributed by atoms with Gasteiger partial charge in [-0.25, -0.2) is 0 Å². The lowest BCUT2D eigenvalue weighted by atomic mass is 10.1. The number of amides is 1. The van der Waals surface area contributed by atoms with E-state index >= 15 is 0 Å². The van der Waals surface area contributed by atoms with Gasteiger partial charge in [0.25, 0.3) is 5.91 Å². The largest absolute Gasteiger partial charge is 0.321 e. The van der Waals surface area contributed by atoms with Gasteiger partial charge < -0.3 is 5.32 Å². The number of aryl methyl sites for hydroxylation is 2. The molecular formula is C14H13ClN4O. The first-order valence-electron chi connectivity index (χ1n) is 5.95. The fourth-order valence-corrected chi connectivity index (χ4v) is 2.20. The predicted molar refractivity (Wildman–Crippen MR) is 76.8 cm³/mol. The van der Waals surface area contributed by atoms with Gasteiger partial charge in [-0.1, -0.05) is 11.6 Å². The summed E-state index contributed by atoms with van der Waals surface area (Å²) in [6.07, 6.45) is 0. The third-order valence-electron chi connectivity index (χ3n) is 3.08. The van der Waals surface area contributed by atoms with Crippen LogP contribution < -0.4 is 5.32 Å². The van der Waals surface area contributed by atoms with Gasteiger partial charge in [0.05, 0.1) is 33.6 Å². The summed E-state index contributed by atoms with van der Waals surface area (Å²) in [5, 5.41) is 16.1. The molecule has 1 aromatic heterocycles. The monoisotopic (exact) mass is 288 g/mol. The number of rotatable bonds is 2. The number of halogens is 1. The molecule has 0 bridgehead atoms. The van der Waals surface area contributed by atoms with Gasteiger partial charge in [0, 0.05) is 12.7 Å². The maximum atomic E-state index is 12.3. The van der Waals surface area contributed by atoms with E-state index < -0.39 is 0 Å². The SMILES string of the molecule is Cc1nn(C)c(C)c1C(=O)Nc1ccc(C#N)cc1Cl. The first-order chi connectivity index (χ1) is 9.43. The number of hydrogen-bond donors (Lipinski definition) is 1. The lowest BCUT2D eigenvalue weighted by molar-refractivity contribution is 0.102. The molecule has 1 aromatic carbocycles. The van der Waals surface area contributed by atoms with Crippen LogP contribution >= 0.6 is 11.6 Å². The highest BCUT2D eigenvalue weighted by Crippen LogP contribution is 2.24. The molecule has 5 nitrogen and oxygen atoms in total. The summed E-state index contributed by atoms with van der Waals surface area (Å²) in [4.78, 5) is 12.3. The van der Waals surface area contributed by atoms with Crippen molar-refractivity contribution < 1.29 is 4.79 Å². The molecule has 2 rings (SSSR count). The standard InChI is InChI=1S/C14H13ClN4O/c1-8-13(9(2)19(3)18-8)14(20)17-12-5-4-10(7-16)6-11(12)15/h4-6H,1-3H3,(H,17,20). The second kappa shape index (κ2) is 5.35. The van der Waals surface area contributed by atoms with Crippen molar-refractivity contribution in [1.29, 1.82) is 5.26 Å². The van der Waals surface area contributed by atoms with Crippen LogP contribution in [0.25, 0.3) is 0 Å². The molecule has 0 aliphatic heterocycles. The van der Waals surface area contributed by atoms with Crippen molar-refractivity contribution in [2.24, 2.45) is 7.05 Å². The Morgan fingerprint density at radius 1 is 1.45 bits per heavy atom. The van der Waals surface area contributed by atoms with E-state index in [2.05, 4.69) is 10.4 Å². The van der Waals surface area contributed by atoms with E-state index in [-0.39, 0.29) is 5.91 Å². The third-order valence-corrected chi connectivity index (χ3v) is 3.40. The number of carbonyl (C=O) groups is 1. The van der Waals surface area contributed by atoms with Crippen LogP contribution in [-0.2, 0) is 7.05 Å². The Balaban J connectivity index is 2.31. The Hall–Kier alpha value is -2.32. The molecule has 0 unspecified atom stereocenters. The van der Waals surface area contributed by atoms with E-state index in [9.17, 15) is 4.79 Å². The van der Waals surface area contributed by atoms with Crippen molar-refractivity contribution >= 4 is 23.2 Å². The third kappa shape index (κ3) is 2.51. The summed E-state index contributed by atoms with van der Waals surface area (Å²) < 4.78 is 1.66. The van der Waals surface area contributed by atoms with Gasteiger partial charge in [0.1, 0.15) is 0 Å². The lowest BCUT2D eigenvalue weighted by Gasteiger charge is -2.07. The second-order valence-corrected chi connectivity index (χ2v) is 4.84. The van der Waals surface area contributed by atoms with E-state index in [1.54, 1.807) is 30.8 Å². The molecule has 2 aromatic rings. The van der Waals surface area contributed by atoms with Crippen LogP contribution in [-0.4, -0.2) is 15.7 Å². The first-order valence-corrected chi connectivity index (χ1v) is 6.33. The topological polar surface area (TPSA) is 70.7 Å². The van der Waals surface area contributed by atoms with Gasteiger partial charge in [0.15, 0.2) is 0 Å². The molecule has 0 aliphatic rings. The molecule has 20 heavy (non-hydrogen) atoms. The van der Waals surface area contributed by atoms with Gasteiger partial charge >= 0.3 is 0 Å². The Bertz CT molecular complexity index is 728. The highest BCUT2D eigenvalue weighted by Gasteiger charge is 2.18. The van der Waals surface area contributed by atoms with Crippen molar-refractivity contribution in [2.45, 2.75) is 13.8 Å². The van der Waals surface area contributed by atoms with E-state index in [1.807, 2.05) is 13.0 Å². The highest BCUT2D eigenvalue weighted by atomic mass is 35.5. The van der Waals surface area contributed by atoms with E-state index in [0.717, 1.165) is 5.69 Å². The second-order valence-electron chi connectivity index (χ2n) is 4.43. The van der Waals surface area contributed by atoms with E-state index in [0.29, 0.717) is 27.5 Å². The maximum absolute atomic E-state index is 12.3. The van der Waals surface area contributed by atoms with E-state index in [1.165, 1.54) is 6.07 Å². The molecule has 0 atom stereocenters. The number of nitriles is 1. The molecule has 0 aliphatic carbocycles. The summed E-state index contributed by atoms with van der Waals surface area (Å²) in [5.74, 6) is -0.264. The van der Waals surface area contributed by atoms with Gasteiger partial charge in [-0.05, 0) is 32.0 Å². The zero-order chi connectivity index (χ0) is 14.9. The molecule has 0 saturated carbocycles. The Kier molecular flexibility index (Phi) is 3.77. The Morgan fingerprint density at radius 3 is 2.65 bits per heavy atom. The number of nitrogens with zero attached hydrogens (tertiary/aromatic N) is 3. The fourth-order valence-electron chi connectivity index (χ4n) is 1.97. The smallest absolute Gasteiger partial charge is 0.259 e. The quantitative estimate of drug-likeness (QED) is 0.923. The minimum Gasteiger partial charge on any atom is -0.321 e. The molecule has 0 spiro atoms. The molecule has 1 heterocycles. The predicted octanol–water partition coefficient (Wildman–Crippen LogP) is 2.81. The Morgan fingerprint density at radius 2 is 2.15 bits per heavy atom. The van der Waals surface area contributed by atoms with Crippen LogP contribution in [0, 0.1) is 25.2 Å². The van der Waals surface area contributed by atoms with Crippen molar-refractivity contribution in [3.05, 3.63) is 45.7 Å². The van der Waals surface area contributed by atoms with Crippen LogP contribution in [0.4, 0.5) is 5.69 Å². The average molecular weight is 289 g/mol. The molecule has 102 valence electrons. The number of hydrogen-bond acceptors (Lipinski definition) is 3. The van der Waals surface area contributed by atoms with Crippen molar-refractivity contribution in [1.82, 2.24) is 9.78 Å². The minimum absolute atomic E-state index is 0.264. The van der Waals surface area contributed by atoms with Gasteiger partial charge in [-0.2, -0.15) is 10.4 Å². The summed E-state index contributed by atoms with van der Waals surface area (Å²) in [7, 11) is 1.79. The van der Waals surface area contributed by atoms with Crippen LogP contribution in [0.1, 0.15) is 27.3 Å². The summed E-state index contributed by atoms with van der Waals surface area (Å²) in [6.45, 7) is 3.61. The maximum Gasteiger partial charge on any atom is 0.259 e. The lowest BCUT2D eigenvalue weighted by Crippen LogP contribution is -2.14. The summed E-state index contributed by atoms with van der Waals surface area (Å²) in [6, 6.07) is 6.72. The zero-order valence-corrected chi connectivity index (χ0v) is 12.1.